The van der Waals surface area contributed by atoms with Crippen LogP contribution in [0.1, 0.15) is 11.1 Å². The third-order valence-electron chi connectivity index (χ3n) is 1.68. The van der Waals surface area contributed by atoms with E-state index in [9.17, 15) is 8.78 Å². The molecule has 0 aliphatic rings. The van der Waals surface area contributed by atoms with Gasteiger partial charge in [0.2, 0.25) is 0 Å². The average molecular weight is 185 g/mol. The molecule has 0 atom stereocenters. The quantitative estimate of drug-likeness (QED) is 0.295. The van der Waals surface area contributed by atoms with Gasteiger partial charge in [-0.15, -0.1) is 0 Å². The molecule has 70 valence electrons. The summed E-state index contributed by atoms with van der Waals surface area (Å²) in [5, 5.41) is 3.04. The van der Waals surface area contributed by atoms with Crippen LogP contribution in [0.5, 0.6) is 0 Å². The molecule has 0 aliphatic heterocycles. The van der Waals surface area contributed by atoms with Gasteiger partial charge in [-0.1, -0.05) is 6.07 Å². The van der Waals surface area contributed by atoms with Crippen LogP contribution in [0.15, 0.2) is 17.2 Å². The molecule has 3 nitrogen and oxygen atoms in total. The minimum atomic E-state index is -0.769. The van der Waals surface area contributed by atoms with Crippen LogP contribution in [0, 0.1) is 18.6 Å². The van der Waals surface area contributed by atoms with E-state index in [1.807, 2.05) is 0 Å². The van der Waals surface area contributed by atoms with Crippen LogP contribution >= 0.6 is 0 Å². The second-order valence-corrected chi connectivity index (χ2v) is 2.57. The van der Waals surface area contributed by atoms with Gasteiger partial charge in [0.25, 0.3) is 0 Å². The summed E-state index contributed by atoms with van der Waals surface area (Å²) in [5.41, 5.74) is 5.13. The highest BCUT2D eigenvalue weighted by molar-refractivity contribution is 5.97. The zero-order valence-electron chi connectivity index (χ0n) is 7.01. The second-order valence-electron chi connectivity index (χ2n) is 2.57. The van der Waals surface area contributed by atoms with Gasteiger partial charge in [0.15, 0.2) is 5.84 Å². The topological polar surface area (TPSA) is 64.4 Å². The third kappa shape index (κ3) is 1.58. The van der Waals surface area contributed by atoms with Gasteiger partial charge in [-0.25, -0.2) is 8.78 Å². The molecule has 0 bridgehead atoms. The summed E-state index contributed by atoms with van der Waals surface area (Å²) in [4.78, 5) is 0. The van der Waals surface area contributed by atoms with Gasteiger partial charge in [0, 0.05) is 0 Å². The number of nitrogens with zero attached hydrogens (tertiary/aromatic N) is 1. The number of aryl methyl sites for hydroxylation is 1. The summed E-state index contributed by atoms with van der Waals surface area (Å²) in [5.74, 6) is 2.97. The van der Waals surface area contributed by atoms with Crippen LogP contribution in [-0.4, -0.2) is 5.84 Å². The van der Waals surface area contributed by atoms with E-state index in [1.165, 1.54) is 13.0 Å². The van der Waals surface area contributed by atoms with Crippen molar-refractivity contribution in [3.05, 3.63) is 34.9 Å². The van der Waals surface area contributed by atoms with Gasteiger partial charge in [-0.2, -0.15) is 5.10 Å². The number of benzene rings is 1. The van der Waals surface area contributed by atoms with Gasteiger partial charge in [0.1, 0.15) is 11.6 Å². The summed E-state index contributed by atoms with van der Waals surface area (Å²) < 4.78 is 26.3. The number of rotatable bonds is 1. The third-order valence-corrected chi connectivity index (χ3v) is 1.68. The van der Waals surface area contributed by atoms with Crippen LogP contribution in [0.25, 0.3) is 0 Å². The molecule has 0 aliphatic carbocycles. The number of hydrazone groups is 1. The summed E-state index contributed by atoms with van der Waals surface area (Å²) >= 11 is 0. The lowest BCUT2D eigenvalue weighted by Crippen LogP contribution is -2.19. The molecule has 1 rings (SSSR count). The van der Waals surface area contributed by atoms with E-state index in [0.717, 1.165) is 6.07 Å². The molecule has 4 N–H and O–H groups in total. The van der Waals surface area contributed by atoms with E-state index < -0.39 is 11.6 Å². The smallest absolute Gasteiger partial charge is 0.156 e. The Morgan fingerprint density at radius 2 is 2.00 bits per heavy atom. The highest BCUT2D eigenvalue weighted by Crippen LogP contribution is 2.15. The monoisotopic (exact) mass is 185 g/mol. The zero-order chi connectivity index (χ0) is 10.0. The van der Waals surface area contributed by atoms with Crippen molar-refractivity contribution >= 4 is 5.84 Å². The van der Waals surface area contributed by atoms with E-state index in [-0.39, 0.29) is 11.4 Å². The number of nitrogens with two attached hydrogens (primary N) is 2. The predicted octanol–water partition coefficient (Wildman–Crippen LogP) is 0.852. The molecule has 0 saturated carbocycles. The molecular weight excluding hydrogens is 176 g/mol. The van der Waals surface area contributed by atoms with E-state index >= 15 is 0 Å². The average Bonchev–Trinajstić information content (AvgIpc) is 2.12. The maximum atomic E-state index is 13.2. The molecule has 0 aromatic heterocycles. The zero-order valence-corrected chi connectivity index (χ0v) is 7.01. The number of hydrogen-bond donors (Lipinski definition) is 2. The van der Waals surface area contributed by atoms with Gasteiger partial charge >= 0.3 is 0 Å². The molecule has 5 heteroatoms. The van der Waals surface area contributed by atoms with Crippen molar-refractivity contribution in [1.29, 1.82) is 0 Å². The normalized spacial score (nSPS) is 11.8. The molecule has 1 aromatic carbocycles. The summed E-state index contributed by atoms with van der Waals surface area (Å²) in [6.45, 7) is 1.50. The molecule has 0 spiro atoms. The van der Waals surface area contributed by atoms with Gasteiger partial charge < -0.3 is 11.6 Å². The first kappa shape index (κ1) is 9.44. The van der Waals surface area contributed by atoms with E-state index in [4.69, 9.17) is 11.6 Å². The predicted molar refractivity (Wildman–Crippen MR) is 46.0 cm³/mol. The fourth-order valence-electron chi connectivity index (χ4n) is 0.956. The minimum Gasteiger partial charge on any atom is -0.382 e. The van der Waals surface area contributed by atoms with Crippen molar-refractivity contribution in [1.82, 2.24) is 0 Å². The van der Waals surface area contributed by atoms with Crippen molar-refractivity contribution in [3.63, 3.8) is 0 Å². The van der Waals surface area contributed by atoms with Crippen LogP contribution in [0.4, 0.5) is 8.78 Å². The van der Waals surface area contributed by atoms with Crippen LogP contribution in [0.2, 0.25) is 0 Å². The van der Waals surface area contributed by atoms with Gasteiger partial charge in [-0.05, 0) is 18.6 Å². The fraction of sp³-hybridized carbons (Fsp3) is 0.125. The summed E-state index contributed by atoms with van der Waals surface area (Å²) in [7, 11) is 0. The second kappa shape index (κ2) is 3.38. The molecular formula is C8H9F2N3. The molecule has 0 radical (unpaired) electrons. The largest absolute Gasteiger partial charge is 0.382 e. The highest BCUT2D eigenvalue weighted by Gasteiger charge is 2.14. The first-order valence-corrected chi connectivity index (χ1v) is 3.56. The van der Waals surface area contributed by atoms with Crippen LogP contribution in [0.3, 0.4) is 0 Å². The van der Waals surface area contributed by atoms with Crippen molar-refractivity contribution in [2.75, 3.05) is 0 Å². The molecule has 13 heavy (non-hydrogen) atoms. The molecule has 0 amide bonds. The molecule has 0 unspecified atom stereocenters. The maximum absolute atomic E-state index is 13.2. The van der Waals surface area contributed by atoms with Gasteiger partial charge in [0.05, 0.1) is 5.56 Å². The Morgan fingerprint density at radius 1 is 1.38 bits per heavy atom. The Labute approximate surface area is 74.0 Å². The summed E-state index contributed by atoms with van der Waals surface area (Å²) in [6, 6.07) is 2.43. The van der Waals surface area contributed by atoms with Crippen molar-refractivity contribution < 1.29 is 8.78 Å². The Hall–Kier alpha value is -1.65. The number of halogens is 2. The lowest BCUT2D eigenvalue weighted by atomic mass is 10.1. The van der Waals surface area contributed by atoms with E-state index in [2.05, 4.69) is 5.10 Å². The van der Waals surface area contributed by atoms with Gasteiger partial charge in [-0.3, -0.25) is 0 Å². The Bertz CT molecular complexity index is 361. The minimum absolute atomic E-state index is 0.294. The van der Waals surface area contributed by atoms with Crippen molar-refractivity contribution in [3.8, 4) is 0 Å². The Balaban J connectivity index is 3.42. The highest BCUT2D eigenvalue weighted by atomic mass is 19.1. The standard InChI is InChI=1S/C8H9F2N3/c1-4-2-3-5(9)6(7(4)10)8(11)13-12/h2-3H,12H2,1H3,(H2,11,13). The molecule has 0 fully saturated rings. The Morgan fingerprint density at radius 3 is 2.54 bits per heavy atom. The number of amidine groups is 1. The Kier molecular flexibility index (Phi) is 2.46. The first-order chi connectivity index (χ1) is 6.07. The molecule has 1 aromatic rings. The number of hydrogen-bond acceptors (Lipinski definition) is 2. The fourth-order valence-corrected chi connectivity index (χ4v) is 0.956. The SMILES string of the molecule is Cc1ccc(F)c(/C(N)=N/N)c1F. The lowest BCUT2D eigenvalue weighted by Gasteiger charge is -2.04. The van der Waals surface area contributed by atoms with E-state index in [0.29, 0.717) is 5.56 Å². The van der Waals surface area contributed by atoms with Crippen molar-refractivity contribution in [2.24, 2.45) is 16.7 Å². The molecule has 0 saturated heterocycles. The van der Waals surface area contributed by atoms with Crippen molar-refractivity contribution in [2.45, 2.75) is 6.92 Å². The first-order valence-electron chi connectivity index (χ1n) is 3.56. The van der Waals surface area contributed by atoms with Crippen LogP contribution < -0.4 is 11.6 Å². The maximum Gasteiger partial charge on any atom is 0.156 e. The molecule has 0 heterocycles. The lowest BCUT2D eigenvalue weighted by molar-refractivity contribution is 0.572. The van der Waals surface area contributed by atoms with Crippen LogP contribution in [-0.2, 0) is 0 Å². The summed E-state index contributed by atoms with van der Waals surface area (Å²) in [6.07, 6.45) is 0. The van der Waals surface area contributed by atoms with E-state index in [1.54, 1.807) is 0 Å².